The Kier molecular flexibility index (Phi) is 12.4. The zero-order valence-corrected chi connectivity index (χ0v) is 44.3. The average Bonchev–Trinajstić information content (AvgIpc) is 4.19. The third kappa shape index (κ3) is 8.51. The zero-order chi connectivity index (χ0) is 52.8. The Labute approximate surface area is 448 Å². The van der Waals surface area contributed by atoms with Crippen molar-refractivity contribution in [3.63, 3.8) is 0 Å². The van der Waals surface area contributed by atoms with Crippen molar-refractivity contribution < 1.29 is 30.7 Å². The summed E-state index contributed by atoms with van der Waals surface area (Å²) in [5, 5.41) is 14.3. The summed E-state index contributed by atoms with van der Waals surface area (Å²) in [7, 11) is 0. The summed E-state index contributed by atoms with van der Waals surface area (Å²) in [5.41, 5.74) is 7.12. The van der Waals surface area contributed by atoms with Crippen LogP contribution >= 0.6 is 45.3 Å². The first-order valence-electron chi connectivity index (χ1n) is 23.9. The molecule has 0 unspecified atom stereocenters. The second kappa shape index (κ2) is 19.2. The summed E-state index contributed by atoms with van der Waals surface area (Å²) < 4.78 is 110. The van der Waals surface area contributed by atoms with E-state index in [9.17, 15) is 0 Å². The average molecular weight is 1090 g/mol. The molecule has 0 bridgehead atoms. The first-order valence-corrected chi connectivity index (χ1v) is 27.4. The van der Waals surface area contributed by atoms with Crippen molar-refractivity contribution in [3.8, 4) is 0 Å². The lowest BCUT2D eigenvalue weighted by Gasteiger charge is -2.34. The molecule has 0 saturated carbocycles. The predicted molar refractivity (Wildman–Crippen MR) is 304 cm³/mol. The maximum atomic E-state index is 15.9. The van der Waals surface area contributed by atoms with Gasteiger partial charge in [0, 0.05) is 50.5 Å². The highest BCUT2D eigenvalue weighted by Crippen LogP contribution is 2.57. The lowest BCUT2D eigenvalue weighted by Crippen LogP contribution is -2.16. The number of thiophene rings is 4. The molecule has 0 fully saturated rings. The van der Waals surface area contributed by atoms with Gasteiger partial charge in [-0.3, -0.25) is 0 Å². The van der Waals surface area contributed by atoms with Crippen molar-refractivity contribution in [2.45, 2.75) is 34.6 Å². The van der Waals surface area contributed by atoms with Gasteiger partial charge >= 0.3 is 0 Å². The maximum Gasteiger partial charge on any atom is 0.128 e. The molecule has 4 nitrogen and oxygen atoms in total. The Hall–Kier alpha value is -7.69. The van der Waals surface area contributed by atoms with E-state index in [2.05, 4.69) is 0 Å². The standard InChI is InChI=1S/C61H41F7N4S4/c1-32-18-37(62)23-44(19-32)69(58-33(2)10-14-73-58)52-30-53(70(59-34(3)11-15-74-59)45-24-38(63)20-39(64)25-45)49-8-9-51-55(72(61-36(5)13-17-76-61)47-28-42(67)22-43(68)29-47)31-54(50-7-6-48(52)56(49)57(50)51)71(60-35(4)12-16-75-60)46-26-40(65)21-41(66)27-46/h6-31H,1-5H3. The summed E-state index contributed by atoms with van der Waals surface area (Å²) in [6.07, 6.45) is 0. The van der Waals surface area contributed by atoms with Gasteiger partial charge in [0.1, 0.15) is 60.7 Å². The van der Waals surface area contributed by atoms with E-state index in [1.54, 1.807) is 0 Å². The van der Waals surface area contributed by atoms with Crippen LogP contribution in [0, 0.1) is 75.3 Å². The molecule has 0 radical (unpaired) electrons. The first kappa shape index (κ1) is 49.2. The van der Waals surface area contributed by atoms with E-state index >= 15 is 30.7 Å². The molecule has 0 N–H and O–H groups in total. The molecule has 378 valence electrons. The monoisotopic (exact) mass is 1090 g/mol. The van der Waals surface area contributed by atoms with Gasteiger partial charge in [-0.25, -0.2) is 30.7 Å². The van der Waals surface area contributed by atoms with Crippen molar-refractivity contribution in [3.05, 3.63) is 224 Å². The molecular weight excluding hydrogens is 1050 g/mol. The highest BCUT2D eigenvalue weighted by molar-refractivity contribution is 7.15. The molecule has 4 aromatic heterocycles. The second-order valence-electron chi connectivity index (χ2n) is 18.7. The van der Waals surface area contributed by atoms with Crippen LogP contribution in [0.3, 0.4) is 0 Å². The number of anilines is 12. The molecule has 76 heavy (non-hydrogen) atoms. The molecule has 4 heterocycles. The Morgan fingerprint density at radius 3 is 0.737 bits per heavy atom. The lowest BCUT2D eigenvalue weighted by molar-refractivity contribution is 0.583. The molecular formula is C61H41F7N4S4. The van der Waals surface area contributed by atoms with Gasteiger partial charge in [0.15, 0.2) is 0 Å². The van der Waals surface area contributed by atoms with E-state index < -0.39 is 40.7 Å². The third-order valence-electron chi connectivity index (χ3n) is 13.5. The fourth-order valence-electron chi connectivity index (χ4n) is 10.3. The summed E-state index contributed by atoms with van der Waals surface area (Å²) in [6.45, 7) is 9.54. The molecule has 0 atom stereocenters. The van der Waals surface area contributed by atoms with Crippen molar-refractivity contribution in [2.24, 2.45) is 0 Å². The SMILES string of the molecule is Cc1cc(F)cc(N(c2sccc2C)c2cc(N(c3cc(F)cc(F)c3)c3sccc3C)c3ccc4c(N(c5cc(F)cc(F)c5)c5sccc5C)cc(N(c5cc(F)cc(F)c5)c5sccc5C)c5ccc2c3c54)c1. The van der Waals surface area contributed by atoms with Crippen LogP contribution in [0.15, 0.2) is 155 Å². The Morgan fingerprint density at radius 1 is 0.276 bits per heavy atom. The van der Waals surface area contributed by atoms with Crippen LogP contribution in [0.1, 0.15) is 27.8 Å². The van der Waals surface area contributed by atoms with E-state index in [1.165, 1.54) is 93.9 Å². The van der Waals surface area contributed by atoms with Gasteiger partial charge in [0.2, 0.25) is 0 Å². The first-order chi connectivity index (χ1) is 36.6. The van der Waals surface area contributed by atoms with Crippen molar-refractivity contribution in [1.29, 1.82) is 0 Å². The third-order valence-corrected chi connectivity index (χ3v) is 17.5. The van der Waals surface area contributed by atoms with Crippen LogP contribution in [0.4, 0.5) is 96.2 Å². The highest BCUT2D eigenvalue weighted by atomic mass is 32.1. The van der Waals surface area contributed by atoms with E-state index in [-0.39, 0.29) is 17.1 Å². The molecule has 0 amide bonds. The highest BCUT2D eigenvalue weighted by Gasteiger charge is 2.32. The number of nitrogens with zero attached hydrogens (tertiary/aromatic N) is 4. The molecule has 0 aliphatic rings. The van der Waals surface area contributed by atoms with E-state index in [0.29, 0.717) is 81.3 Å². The van der Waals surface area contributed by atoms with E-state index in [1.807, 2.05) is 142 Å². The molecule has 0 saturated heterocycles. The normalized spacial score (nSPS) is 11.7. The van der Waals surface area contributed by atoms with E-state index in [0.717, 1.165) is 45.5 Å². The minimum absolute atomic E-state index is 0.175. The number of aryl methyl sites for hydroxylation is 5. The topological polar surface area (TPSA) is 13.0 Å². The Morgan fingerprint density at radius 2 is 0.513 bits per heavy atom. The summed E-state index contributed by atoms with van der Waals surface area (Å²) in [4.78, 5) is 7.46. The lowest BCUT2D eigenvalue weighted by atomic mass is 9.89. The maximum absolute atomic E-state index is 15.9. The minimum atomic E-state index is -0.804. The van der Waals surface area contributed by atoms with Crippen LogP contribution in [0.5, 0.6) is 0 Å². The smallest absolute Gasteiger partial charge is 0.128 e. The molecule has 15 heteroatoms. The van der Waals surface area contributed by atoms with Gasteiger partial charge in [-0.2, -0.15) is 0 Å². The molecule has 0 spiro atoms. The van der Waals surface area contributed by atoms with Crippen molar-refractivity contribution >= 4 is 143 Å². The molecule has 12 aromatic rings. The number of benzene rings is 8. The van der Waals surface area contributed by atoms with E-state index in [4.69, 9.17) is 0 Å². The second-order valence-corrected chi connectivity index (χ2v) is 22.3. The van der Waals surface area contributed by atoms with Gasteiger partial charge in [-0.05, 0) is 175 Å². The van der Waals surface area contributed by atoms with Crippen LogP contribution < -0.4 is 19.6 Å². The van der Waals surface area contributed by atoms with Crippen LogP contribution in [-0.4, -0.2) is 0 Å². The number of halogens is 7. The zero-order valence-electron chi connectivity index (χ0n) is 41.1. The van der Waals surface area contributed by atoms with Crippen LogP contribution in [-0.2, 0) is 0 Å². The van der Waals surface area contributed by atoms with Crippen molar-refractivity contribution in [1.82, 2.24) is 0 Å². The minimum Gasteiger partial charge on any atom is -0.301 e. The predicted octanol–water partition coefficient (Wildman–Crippen LogP) is 21.2. The van der Waals surface area contributed by atoms with Gasteiger partial charge in [-0.1, -0.05) is 24.3 Å². The summed E-state index contributed by atoms with van der Waals surface area (Å²) in [6, 6.07) is 34.3. The summed E-state index contributed by atoms with van der Waals surface area (Å²) in [5.74, 6) is -5.25. The Balaban J connectivity index is 1.32. The van der Waals surface area contributed by atoms with Gasteiger partial charge in [0.25, 0.3) is 0 Å². The number of rotatable bonds is 12. The van der Waals surface area contributed by atoms with Crippen molar-refractivity contribution in [2.75, 3.05) is 19.6 Å². The Bertz CT molecular complexity index is 3620. The van der Waals surface area contributed by atoms with Crippen LogP contribution in [0.25, 0.3) is 32.3 Å². The largest absolute Gasteiger partial charge is 0.301 e. The number of hydrogen-bond donors (Lipinski definition) is 0. The molecule has 8 aromatic carbocycles. The number of hydrogen-bond acceptors (Lipinski definition) is 8. The fraction of sp³-hybridized carbons (Fsp3) is 0.0820. The fourth-order valence-corrected chi connectivity index (χ4v) is 14.2. The summed E-state index contributed by atoms with van der Waals surface area (Å²) >= 11 is 5.60. The molecule has 12 rings (SSSR count). The quantitative estimate of drug-likeness (QED) is 0.0893. The molecule has 0 aliphatic carbocycles. The van der Waals surface area contributed by atoms with Gasteiger partial charge < -0.3 is 19.6 Å². The van der Waals surface area contributed by atoms with Crippen LogP contribution in [0.2, 0.25) is 0 Å². The molecule has 0 aliphatic heterocycles. The van der Waals surface area contributed by atoms with Gasteiger partial charge in [0.05, 0.1) is 45.5 Å². The van der Waals surface area contributed by atoms with Gasteiger partial charge in [-0.15, -0.1) is 45.3 Å².